The van der Waals surface area contributed by atoms with Crippen molar-refractivity contribution in [2.24, 2.45) is 0 Å². The maximum Gasteiger partial charge on any atom is 0.234 e. The molecule has 0 aliphatic carbocycles. The number of rotatable bonds is 2. The van der Waals surface area contributed by atoms with Crippen LogP contribution in [0.25, 0.3) is 0 Å². The lowest BCUT2D eigenvalue weighted by atomic mass is 10.2. The molecule has 1 aliphatic rings. The third-order valence-electron chi connectivity index (χ3n) is 3.15. The summed E-state index contributed by atoms with van der Waals surface area (Å²) < 4.78 is 23.1. The van der Waals surface area contributed by atoms with E-state index in [0.717, 1.165) is 17.7 Å². The molecule has 1 aromatic carbocycles. The molecule has 20 heavy (non-hydrogen) atoms. The number of nitrogens with zero attached hydrogens (tertiary/aromatic N) is 4. The number of hydrogen-bond acceptors (Lipinski definition) is 6. The topological polar surface area (TPSA) is 76.1 Å². The van der Waals surface area contributed by atoms with Crippen LogP contribution >= 0.6 is 11.6 Å². The third kappa shape index (κ3) is 2.34. The summed E-state index contributed by atoms with van der Waals surface area (Å²) in [5.74, 6) is 0.468. The van der Waals surface area contributed by atoms with Gasteiger partial charge in [0.2, 0.25) is 11.2 Å². The van der Waals surface area contributed by atoms with Crippen LogP contribution in [0.4, 0.5) is 11.6 Å². The van der Waals surface area contributed by atoms with E-state index in [-0.39, 0.29) is 5.28 Å². The van der Waals surface area contributed by atoms with Crippen molar-refractivity contribution in [3.63, 3.8) is 0 Å². The molecule has 0 bridgehead atoms. The number of halogens is 1. The average Bonchev–Trinajstić information content (AvgIpc) is 2.80. The zero-order chi connectivity index (χ0) is 14.3. The van der Waals surface area contributed by atoms with Crippen LogP contribution in [-0.2, 0) is 16.3 Å². The van der Waals surface area contributed by atoms with Crippen LogP contribution in [0.3, 0.4) is 0 Å². The molecule has 0 amide bonds. The van der Waals surface area contributed by atoms with Crippen LogP contribution in [-0.4, -0.2) is 36.2 Å². The molecule has 2 aromatic rings. The largest absolute Gasteiger partial charge is 0.310 e. The van der Waals surface area contributed by atoms with Gasteiger partial charge in [-0.15, -0.1) is 0 Å². The van der Waals surface area contributed by atoms with Crippen molar-refractivity contribution in [1.82, 2.24) is 15.0 Å². The van der Waals surface area contributed by atoms with E-state index in [1.54, 1.807) is 18.2 Å². The predicted molar refractivity (Wildman–Crippen MR) is 75.1 cm³/mol. The Morgan fingerprint density at radius 1 is 1.30 bits per heavy atom. The summed E-state index contributed by atoms with van der Waals surface area (Å²) in [5, 5.41) is 0.135. The lowest BCUT2D eigenvalue weighted by Gasteiger charge is -2.16. The first-order valence-electron chi connectivity index (χ1n) is 5.90. The minimum absolute atomic E-state index is 0.135. The molecule has 3 rings (SSSR count). The molecule has 0 saturated heterocycles. The van der Waals surface area contributed by atoms with Crippen LogP contribution in [0, 0.1) is 0 Å². The minimum Gasteiger partial charge on any atom is -0.310 e. The summed E-state index contributed by atoms with van der Waals surface area (Å²) in [4.78, 5) is 14.1. The number of benzene rings is 1. The van der Waals surface area contributed by atoms with Gasteiger partial charge in [-0.05, 0) is 41.8 Å². The van der Waals surface area contributed by atoms with E-state index >= 15 is 0 Å². The maximum absolute atomic E-state index is 11.6. The second-order valence-corrected chi connectivity index (χ2v) is 6.87. The Morgan fingerprint density at radius 3 is 2.80 bits per heavy atom. The Labute approximate surface area is 121 Å². The molecule has 0 spiro atoms. The fourth-order valence-corrected chi connectivity index (χ4v) is 3.01. The van der Waals surface area contributed by atoms with Crippen molar-refractivity contribution in [1.29, 1.82) is 0 Å². The Kier molecular flexibility index (Phi) is 3.10. The summed E-state index contributed by atoms with van der Waals surface area (Å²) >= 11 is 5.77. The van der Waals surface area contributed by atoms with Gasteiger partial charge in [0, 0.05) is 18.5 Å². The zero-order valence-corrected chi connectivity index (χ0v) is 12.2. The van der Waals surface area contributed by atoms with E-state index in [9.17, 15) is 8.42 Å². The molecule has 0 unspecified atom stereocenters. The van der Waals surface area contributed by atoms with Gasteiger partial charge in [-0.1, -0.05) is 0 Å². The van der Waals surface area contributed by atoms with Gasteiger partial charge >= 0.3 is 0 Å². The highest BCUT2D eigenvalue weighted by Gasteiger charge is 2.24. The van der Waals surface area contributed by atoms with Gasteiger partial charge in [0.1, 0.15) is 6.33 Å². The van der Waals surface area contributed by atoms with Crippen molar-refractivity contribution in [2.45, 2.75) is 11.3 Å². The smallest absolute Gasteiger partial charge is 0.234 e. The lowest BCUT2D eigenvalue weighted by Crippen LogP contribution is -2.16. The molecule has 104 valence electrons. The molecular formula is C12H11ClN4O2S. The van der Waals surface area contributed by atoms with Gasteiger partial charge in [-0.2, -0.15) is 4.98 Å². The van der Waals surface area contributed by atoms with Crippen molar-refractivity contribution in [3.05, 3.63) is 35.4 Å². The number of hydrogen-bond donors (Lipinski definition) is 0. The summed E-state index contributed by atoms with van der Waals surface area (Å²) in [6.45, 7) is 0.683. The highest BCUT2D eigenvalue weighted by molar-refractivity contribution is 7.90. The van der Waals surface area contributed by atoms with Gasteiger partial charge in [0.05, 0.1) is 4.90 Å². The molecule has 0 radical (unpaired) electrons. The van der Waals surface area contributed by atoms with E-state index in [0.29, 0.717) is 17.4 Å². The normalized spacial score (nSPS) is 14.4. The predicted octanol–water partition coefficient (Wildman–Crippen LogP) is 1.62. The molecule has 8 heteroatoms. The monoisotopic (exact) mass is 310 g/mol. The van der Waals surface area contributed by atoms with Gasteiger partial charge in [-0.3, -0.25) is 0 Å². The zero-order valence-electron chi connectivity index (χ0n) is 10.6. The second kappa shape index (κ2) is 4.68. The van der Waals surface area contributed by atoms with Gasteiger partial charge in [-0.25, -0.2) is 18.4 Å². The van der Waals surface area contributed by atoms with Crippen LogP contribution in [0.2, 0.25) is 5.28 Å². The molecule has 6 nitrogen and oxygen atoms in total. The van der Waals surface area contributed by atoms with Gasteiger partial charge in [0.25, 0.3) is 0 Å². The van der Waals surface area contributed by atoms with Gasteiger partial charge in [0.15, 0.2) is 9.84 Å². The first-order chi connectivity index (χ1) is 9.45. The van der Waals surface area contributed by atoms with E-state index in [1.165, 1.54) is 12.6 Å². The molecule has 0 N–H and O–H groups in total. The van der Waals surface area contributed by atoms with Crippen LogP contribution < -0.4 is 4.90 Å². The standard InChI is InChI=1S/C12H11ClN4O2S/c1-20(18,19)9-2-3-10-8(6-9)4-5-17(10)12-15-7-14-11(13)16-12/h2-3,6-7H,4-5H2,1H3. The minimum atomic E-state index is -3.19. The fourth-order valence-electron chi connectivity index (χ4n) is 2.21. The first-order valence-corrected chi connectivity index (χ1v) is 8.17. The van der Waals surface area contributed by atoms with Crippen molar-refractivity contribution >= 4 is 33.1 Å². The lowest BCUT2D eigenvalue weighted by molar-refractivity contribution is 0.602. The van der Waals surface area contributed by atoms with Crippen molar-refractivity contribution in [3.8, 4) is 0 Å². The molecular weight excluding hydrogens is 300 g/mol. The molecule has 1 aromatic heterocycles. The van der Waals surface area contributed by atoms with E-state index in [2.05, 4.69) is 15.0 Å². The van der Waals surface area contributed by atoms with Gasteiger partial charge < -0.3 is 4.90 Å². The number of fused-ring (bicyclic) bond motifs is 1. The Balaban J connectivity index is 2.03. The molecule has 0 saturated carbocycles. The highest BCUT2D eigenvalue weighted by Crippen LogP contribution is 2.34. The van der Waals surface area contributed by atoms with Crippen LogP contribution in [0.15, 0.2) is 29.4 Å². The average molecular weight is 311 g/mol. The quantitative estimate of drug-likeness (QED) is 0.839. The maximum atomic E-state index is 11.6. The summed E-state index contributed by atoms with van der Waals surface area (Å²) in [5.41, 5.74) is 1.86. The van der Waals surface area contributed by atoms with E-state index < -0.39 is 9.84 Å². The van der Waals surface area contributed by atoms with Crippen molar-refractivity contribution in [2.75, 3.05) is 17.7 Å². The van der Waals surface area contributed by atoms with E-state index in [4.69, 9.17) is 11.6 Å². The Hall–Kier alpha value is -1.73. The summed E-state index contributed by atoms with van der Waals surface area (Å²) in [6.07, 6.45) is 3.29. The summed E-state index contributed by atoms with van der Waals surface area (Å²) in [7, 11) is -3.19. The first kappa shape index (κ1) is 13.3. The SMILES string of the molecule is CS(=O)(=O)c1ccc2c(c1)CCN2c1ncnc(Cl)n1. The molecule has 1 aliphatic heterocycles. The Bertz CT molecular complexity index is 779. The summed E-state index contributed by atoms with van der Waals surface area (Å²) in [6, 6.07) is 5.07. The highest BCUT2D eigenvalue weighted by atomic mass is 35.5. The number of anilines is 2. The number of aromatic nitrogens is 3. The van der Waals surface area contributed by atoms with Crippen LogP contribution in [0.1, 0.15) is 5.56 Å². The Morgan fingerprint density at radius 2 is 2.10 bits per heavy atom. The second-order valence-electron chi connectivity index (χ2n) is 4.52. The van der Waals surface area contributed by atoms with Crippen LogP contribution in [0.5, 0.6) is 0 Å². The van der Waals surface area contributed by atoms with E-state index in [1.807, 2.05) is 4.90 Å². The molecule has 2 heterocycles. The number of sulfone groups is 1. The fraction of sp³-hybridized carbons (Fsp3) is 0.250. The van der Waals surface area contributed by atoms with Crippen molar-refractivity contribution < 1.29 is 8.42 Å². The third-order valence-corrected chi connectivity index (χ3v) is 4.44. The molecule has 0 atom stereocenters. The molecule has 0 fully saturated rings.